The van der Waals surface area contributed by atoms with Crippen molar-refractivity contribution in [3.05, 3.63) is 54.0 Å². The van der Waals surface area contributed by atoms with Gasteiger partial charge in [-0.3, -0.25) is 0 Å². The molecule has 0 bridgehead atoms. The van der Waals surface area contributed by atoms with Crippen molar-refractivity contribution in [2.45, 2.75) is 19.8 Å². The van der Waals surface area contributed by atoms with Gasteiger partial charge in [0.2, 0.25) is 0 Å². The number of hydrogen-bond acceptors (Lipinski definition) is 4. The van der Waals surface area contributed by atoms with Gasteiger partial charge in [0.25, 0.3) is 0 Å². The van der Waals surface area contributed by atoms with Gasteiger partial charge in [-0.05, 0) is 49.6 Å². The molecule has 0 spiro atoms. The van der Waals surface area contributed by atoms with Crippen molar-refractivity contribution in [3.63, 3.8) is 0 Å². The lowest BCUT2D eigenvalue weighted by atomic mass is 10.1. The summed E-state index contributed by atoms with van der Waals surface area (Å²) in [4.78, 5) is 4.50. The van der Waals surface area contributed by atoms with E-state index in [-0.39, 0.29) is 12.4 Å². The number of halogens is 1. The summed E-state index contributed by atoms with van der Waals surface area (Å²) in [6.45, 7) is 2.62. The molecule has 2 aromatic heterocycles. The fraction of sp³-hybridized carbons (Fsp3) is 0.316. The van der Waals surface area contributed by atoms with Gasteiger partial charge in [0.1, 0.15) is 0 Å². The van der Waals surface area contributed by atoms with Crippen LogP contribution in [0.15, 0.2) is 42.7 Å². The Morgan fingerprint density at radius 3 is 2.60 bits per heavy atom. The number of aryl methyl sites for hydroxylation is 2. The number of pyridine rings is 1. The maximum atomic E-state index is 5.92. The average Bonchev–Trinajstić information content (AvgIpc) is 2.99. The van der Waals surface area contributed by atoms with Crippen molar-refractivity contribution < 1.29 is 14.2 Å². The molecule has 0 atom stereocenters. The van der Waals surface area contributed by atoms with E-state index in [4.69, 9.17) is 14.2 Å². The number of ether oxygens (including phenoxy) is 3. The minimum Gasteiger partial charge on any atom is -0.493 e. The summed E-state index contributed by atoms with van der Waals surface area (Å²) in [5.41, 5.74) is 3.05. The smallest absolute Gasteiger partial charge is 0.179 e. The number of rotatable bonds is 7. The normalized spacial score (nSPS) is 10.4. The Hall–Kier alpha value is -2.40. The molecule has 0 radical (unpaired) electrons. The highest BCUT2D eigenvalue weighted by atomic mass is 35.5. The molecule has 0 unspecified atom stereocenters. The lowest BCUT2D eigenvalue weighted by Gasteiger charge is -2.10. The van der Waals surface area contributed by atoms with Gasteiger partial charge in [0.05, 0.1) is 26.5 Å². The molecule has 0 saturated carbocycles. The van der Waals surface area contributed by atoms with Crippen molar-refractivity contribution in [1.82, 2.24) is 9.38 Å². The molecule has 5 nitrogen and oxygen atoms in total. The van der Waals surface area contributed by atoms with E-state index in [2.05, 4.69) is 11.1 Å². The standard InChI is InChI=1S/C19H22N2O3.ClH/c1-14-13-21-10-4-7-17(19(21)20-14)24-11-5-6-15-8-9-16(22-2)18(12-15)23-3;/h4,7-10,12-13H,5-6,11H2,1-3H3;1H. The lowest BCUT2D eigenvalue weighted by molar-refractivity contribution is 0.312. The van der Waals surface area contributed by atoms with Crippen LogP contribution in [0.4, 0.5) is 0 Å². The highest BCUT2D eigenvalue weighted by molar-refractivity contribution is 5.85. The number of imidazole rings is 1. The first-order valence-electron chi connectivity index (χ1n) is 7.99. The molecule has 3 rings (SSSR count). The largest absolute Gasteiger partial charge is 0.493 e. The molecule has 1 aromatic carbocycles. The van der Waals surface area contributed by atoms with Gasteiger partial charge in [-0.25, -0.2) is 4.98 Å². The molecular formula is C19H23ClN2O3. The zero-order valence-corrected chi connectivity index (χ0v) is 15.5. The minimum absolute atomic E-state index is 0. The molecule has 0 N–H and O–H groups in total. The van der Waals surface area contributed by atoms with Crippen LogP contribution < -0.4 is 14.2 Å². The van der Waals surface area contributed by atoms with E-state index >= 15 is 0 Å². The number of aromatic nitrogens is 2. The second-order valence-electron chi connectivity index (χ2n) is 5.63. The zero-order chi connectivity index (χ0) is 16.9. The number of benzene rings is 1. The number of fused-ring (bicyclic) bond motifs is 1. The van der Waals surface area contributed by atoms with E-state index < -0.39 is 0 Å². The Bertz CT molecular complexity index is 833. The third kappa shape index (κ3) is 4.37. The third-order valence-corrected chi connectivity index (χ3v) is 3.88. The van der Waals surface area contributed by atoms with Gasteiger partial charge >= 0.3 is 0 Å². The van der Waals surface area contributed by atoms with Crippen molar-refractivity contribution in [3.8, 4) is 17.2 Å². The summed E-state index contributed by atoms with van der Waals surface area (Å²) < 4.78 is 18.5. The Balaban J connectivity index is 0.00000225. The maximum Gasteiger partial charge on any atom is 0.179 e. The maximum absolute atomic E-state index is 5.92. The second-order valence-corrected chi connectivity index (χ2v) is 5.63. The van der Waals surface area contributed by atoms with E-state index in [1.807, 2.05) is 48.0 Å². The molecule has 0 fully saturated rings. The first-order chi connectivity index (χ1) is 11.7. The Morgan fingerprint density at radius 1 is 1.04 bits per heavy atom. The van der Waals surface area contributed by atoms with Gasteiger partial charge in [0, 0.05) is 12.4 Å². The monoisotopic (exact) mass is 362 g/mol. The zero-order valence-electron chi connectivity index (χ0n) is 14.7. The molecule has 25 heavy (non-hydrogen) atoms. The summed E-state index contributed by atoms with van der Waals surface area (Å²) in [6.07, 6.45) is 5.80. The summed E-state index contributed by atoms with van der Waals surface area (Å²) in [7, 11) is 3.29. The first-order valence-corrected chi connectivity index (χ1v) is 7.99. The number of hydrogen-bond donors (Lipinski definition) is 0. The second kappa shape index (κ2) is 8.62. The van der Waals surface area contributed by atoms with Crippen LogP contribution in [0.5, 0.6) is 17.2 Å². The summed E-state index contributed by atoms with van der Waals surface area (Å²) in [5, 5.41) is 0. The predicted octanol–water partition coefficient (Wildman–Crippen LogP) is 4.09. The molecule has 0 aliphatic carbocycles. The van der Waals surface area contributed by atoms with Crippen molar-refractivity contribution in [1.29, 1.82) is 0 Å². The van der Waals surface area contributed by atoms with Gasteiger partial charge in [0.15, 0.2) is 22.9 Å². The van der Waals surface area contributed by atoms with E-state index in [0.29, 0.717) is 6.61 Å². The van der Waals surface area contributed by atoms with E-state index in [1.54, 1.807) is 14.2 Å². The molecule has 6 heteroatoms. The van der Waals surface area contributed by atoms with Crippen LogP contribution >= 0.6 is 12.4 Å². The van der Waals surface area contributed by atoms with E-state index in [9.17, 15) is 0 Å². The molecular weight excluding hydrogens is 340 g/mol. The van der Waals surface area contributed by atoms with Gasteiger partial charge in [-0.1, -0.05) is 6.07 Å². The van der Waals surface area contributed by atoms with Gasteiger partial charge in [-0.2, -0.15) is 0 Å². The molecule has 0 aliphatic rings. The van der Waals surface area contributed by atoms with E-state index in [0.717, 1.165) is 41.4 Å². The number of nitrogens with zero attached hydrogens (tertiary/aromatic N) is 2. The van der Waals surface area contributed by atoms with Crippen molar-refractivity contribution in [2.24, 2.45) is 0 Å². The SMILES string of the molecule is COc1ccc(CCCOc2cccn3cc(C)nc23)cc1OC.Cl. The molecule has 3 aromatic rings. The van der Waals surface area contributed by atoms with Crippen LogP contribution in [0.1, 0.15) is 17.7 Å². The van der Waals surface area contributed by atoms with Crippen LogP contribution in [-0.2, 0) is 6.42 Å². The average molecular weight is 363 g/mol. The Morgan fingerprint density at radius 2 is 1.84 bits per heavy atom. The minimum atomic E-state index is 0. The van der Waals surface area contributed by atoms with Crippen LogP contribution in [0.25, 0.3) is 5.65 Å². The summed E-state index contributed by atoms with van der Waals surface area (Å²) in [6, 6.07) is 9.93. The highest BCUT2D eigenvalue weighted by Crippen LogP contribution is 2.28. The van der Waals surface area contributed by atoms with Crippen molar-refractivity contribution >= 4 is 18.1 Å². The first kappa shape index (κ1) is 18.9. The van der Waals surface area contributed by atoms with Crippen LogP contribution in [0.3, 0.4) is 0 Å². The number of methoxy groups -OCH3 is 2. The Labute approximate surface area is 154 Å². The third-order valence-electron chi connectivity index (χ3n) is 3.88. The van der Waals surface area contributed by atoms with Crippen LogP contribution in [0, 0.1) is 6.92 Å². The molecule has 0 aliphatic heterocycles. The molecule has 134 valence electrons. The highest BCUT2D eigenvalue weighted by Gasteiger charge is 2.06. The fourth-order valence-electron chi connectivity index (χ4n) is 2.72. The Kier molecular flexibility index (Phi) is 6.53. The lowest BCUT2D eigenvalue weighted by Crippen LogP contribution is -2.01. The summed E-state index contributed by atoms with van der Waals surface area (Å²) >= 11 is 0. The van der Waals surface area contributed by atoms with Crippen LogP contribution in [-0.4, -0.2) is 30.2 Å². The molecule has 0 amide bonds. The van der Waals surface area contributed by atoms with Crippen LogP contribution in [0.2, 0.25) is 0 Å². The quantitative estimate of drug-likeness (QED) is 0.594. The summed E-state index contributed by atoms with van der Waals surface area (Å²) in [5.74, 6) is 2.32. The topological polar surface area (TPSA) is 45.0 Å². The van der Waals surface area contributed by atoms with Gasteiger partial charge < -0.3 is 18.6 Å². The van der Waals surface area contributed by atoms with Crippen molar-refractivity contribution in [2.75, 3.05) is 20.8 Å². The molecule has 0 saturated heterocycles. The fourth-order valence-corrected chi connectivity index (χ4v) is 2.72. The predicted molar refractivity (Wildman–Crippen MR) is 101 cm³/mol. The van der Waals surface area contributed by atoms with E-state index in [1.165, 1.54) is 5.56 Å². The van der Waals surface area contributed by atoms with Gasteiger partial charge in [-0.15, -0.1) is 12.4 Å². The molecule has 2 heterocycles.